The lowest BCUT2D eigenvalue weighted by atomic mass is 9.94. The van der Waals surface area contributed by atoms with E-state index in [1.807, 2.05) is 48.5 Å². The van der Waals surface area contributed by atoms with Gasteiger partial charge < -0.3 is 21.3 Å². The van der Waals surface area contributed by atoms with Crippen LogP contribution in [-0.2, 0) is 0 Å². The lowest BCUT2D eigenvalue weighted by molar-refractivity contribution is 0.100. The number of primary amides is 1. The zero-order valence-electron chi connectivity index (χ0n) is 20.1. The molecule has 1 fully saturated rings. The first-order valence-electron chi connectivity index (χ1n) is 12.2. The maximum absolute atomic E-state index is 12.7. The highest BCUT2D eigenvalue weighted by molar-refractivity contribution is 6.04. The molecule has 0 saturated carbocycles. The predicted molar refractivity (Wildman–Crippen MR) is 139 cm³/mol. The van der Waals surface area contributed by atoms with Crippen molar-refractivity contribution in [1.82, 2.24) is 15.3 Å². The highest BCUT2D eigenvalue weighted by Crippen LogP contribution is 2.36. The molecule has 4 N–H and O–H groups in total. The minimum atomic E-state index is -0.458. The van der Waals surface area contributed by atoms with Gasteiger partial charge in [-0.1, -0.05) is 50.6 Å². The molecule has 1 unspecified atom stereocenters. The Morgan fingerprint density at radius 1 is 1.12 bits per heavy atom. The van der Waals surface area contributed by atoms with Crippen molar-refractivity contribution in [3.05, 3.63) is 60.3 Å². The van der Waals surface area contributed by atoms with E-state index >= 15 is 0 Å². The van der Waals surface area contributed by atoms with Crippen LogP contribution in [0.25, 0.3) is 22.4 Å². The molecule has 7 nitrogen and oxygen atoms in total. The largest absolute Gasteiger partial charge is 0.367 e. The zero-order chi connectivity index (χ0) is 23.9. The molecule has 3 aromatic rings. The quantitative estimate of drug-likeness (QED) is 0.442. The average molecular weight is 459 g/mol. The first-order valence-corrected chi connectivity index (χ1v) is 12.2. The van der Waals surface area contributed by atoms with Crippen LogP contribution in [0, 0.1) is 0 Å². The standard InChI is InChI=1S/C27H34N6O/c1-3-8-21(4-2)31-23-17-20(11-12-30-23)26-25(19-9-6-5-7-10-19)22(27(28)34)18-24(32-26)33-15-13-29-14-16-33/h5-7,9-12,17-18,21,29H,3-4,8,13-16H2,1-2H3,(H2,28,34)(H,30,31). The number of nitrogens with one attached hydrogen (secondary N) is 2. The van der Waals surface area contributed by atoms with Crippen molar-refractivity contribution < 1.29 is 4.79 Å². The van der Waals surface area contributed by atoms with Crippen LogP contribution in [0.1, 0.15) is 43.5 Å². The van der Waals surface area contributed by atoms with Crippen molar-refractivity contribution in [2.75, 3.05) is 36.4 Å². The molecule has 0 bridgehead atoms. The molecule has 2 aromatic heterocycles. The van der Waals surface area contributed by atoms with Gasteiger partial charge in [0, 0.05) is 49.5 Å². The lowest BCUT2D eigenvalue weighted by Gasteiger charge is -2.29. The third-order valence-electron chi connectivity index (χ3n) is 6.29. The average Bonchev–Trinajstić information content (AvgIpc) is 2.88. The number of hydrogen-bond donors (Lipinski definition) is 3. The van der Waals surface area contributed by atoms with Gasteiger partial charge in [-0.15, -0.1) is 0 Å². The van der Waals surface area contributed by atoms with Gasteiger partial charge in [0.15, 0.2) is 0 Å². The van der Waals surface area contributed by atoms with Crippen LogP contribution < -0.4 is 21.3 Å². The number of piperazine rings is 1. The van der Waals surface area contributed by atoms with Crippen LogP contribution >= 0.6 is 0 Å². The Morgan fingerprint density at radius 2 is 1.88 bits per heavy atom. The summed E-state index contributed by atoms with van der Waals surface area (Å²) in [7, 11) is 0. The summed E-state index contributed by atoms with van der Waals surface area (Å²) < 4.78 is 0. The highest BCUT2D eigenvalue weighted by atomic mass is 16.1. The summed E-state index contributed by atoms with van der Waals surface area (Å²) in [6.45, 7) is 7.78. The van der Waals surface area contributed by atoms with Gasteiger partial charge in [-0.05, 0) is 36.6 Å². The van der Waals surface area contributed by atoms with Gasteiger partial charge >= 0.3 is 0 Å². The van der Waals surface area contributed by atoms with Crippen LogP contribution in [0.15, 0.2) is 54.7 Å². The van der Waals surface area contributed by atoms with Gasteiger partial charge in [0.25, 0.3) is 0 Å². The molecular formula is C27H34N6O. The molecule has 3 heterocycles. The summed E-state index contributed by atoms with van der Waals surface area (Å²) in [4.78, 5) is 24.5. The second-order valence-corrected chi connectivity index (χ2v) is 8.69. The Labute approximate surface area is 201 Å². The number of anilines is 2. The number of amides is 1. The summed E-state index contributed by atoms with van der Waals surface area (Å²) in [6, 6.07) is 16.1. The van der Waals surface area contributed by atoms with Crippen molar-refractivity contribution in [2.24, 2.45) is 5.73 Å². The molecule has 0 spiro atoms. The second-order valence-electron chi connectivity index (χ2n) is 8.69. The number of hydrogen-bond acceptors (Lipinski definition) is 6. The summed E-state index contributed by atoms with van der Waals surface area (Å²) in [5.74, 6) is 1.13. The van der Waals surface area contributed by atoms with E-state index in [9.17, 15) is 4.79 Å². The van der Waals surface area contributed by atoms with E-state index in [-0.39, 0.29) is 0 Å². The minimum Gasteiger partial charge on any atom is -0.367 e. The second kappa shape index (κ2) is 11.1. The van der Waals surface area contributed by atoms with E-state index in [0.717, 1.165) is 79.5 Å². The van der Waals surface area contributed by atoms with E-state index < -0.39 is 5.91 Å². The number of nitrogens with two attached hydrogens (primary N) is 1. The highest BCUT2D eigenvalue weighted by Gasteiger charge is 2.23. The fraction of sp³-hybridized carbons (Fsp3) is 0.370. The Kier molecular flexibility index (Phi) is 7.75. The molecule has 1 atom stereocenters. The van der Waals surface area contributed by atoms with Crippen LogP contribution in [0.4, 0.5) is 11.6 Å². The minimum absolute atomic E-state index is 0.364. The Hall–Kier alpha value is -3.45. The number of carbonyl (C=O) groups is 1. The maximum atomic E-state index is 12.7. The lowest BCUT2D eigenvalue weighted by Crippen LogP contribution is -2.44. The van der Waals surface area contributed by atoms with E-state index in [2.05, 4.69) is 34.4 Å². The van der Waals surface area contributed by atoms with Gasteiger partial charge in [-0.3, -0.25) is 4.79 Å². The number of pyridine rings is 2. The topological polar surface area (TPSA) is 96.2 Å². The Morgan fingerprint density at radius 3 is 2.56 bits per heavy atom. The third kappa shape index (κ3) is 5.37. The molecule has 4 rings (SSSR count). The van der Waals surface area contributed by atoms with Crippen molar-refractivity contribution in [1.29, 1.82) is 0 Å². The molecule has 0 aliphatic carbocycles. The van der Waals surface area contributed by atoms with E-state index in [1.54, 1.807) is 6.20 Å². The van der Waals surface area contributed by atoms with Crippen molar-refractivity contribution in [2.45, 2.75) is 39.2 Å². The first kappa shape index (κ1) is 23.7. The van der Waals surface area contributed by atoms with Crippen LogP contribution in [0.5, 0.6) is 0 Å². The van der Waals surface area contributed by atoms with Gasteiger partial charge in [0.2, 0.25) is 5.91 Å². The molecule has 1 aliphatic rings. The van der Waals surface area contributed by atoms with Crippen molar-refractivity contribution in [3.63, 3.8) is 0 Å². The summed E-state index contributed by atoms with van der Waals surface area (Å²) in [5.41, 5.74) is 9.71. The zero-order valence-corrected chi connectivity index (χ0v) is 20.1. The number of rotatable bonds is 9. The predicted octanol–water partition coefficient (Wildman–Crippen LogP) is 4.31. The number of benzene rings is 1. The fourth-order valence-corrected chi connectivity index (χ4v) is 4.48. The molecule has 178 valence electrons. The molecule has 1 aliphatic heterocycles. The van der Waals surface area contributed by atoms with Crippen molar-refractivity contribution >= 4 is 17.5 Å². The smallest absolute Gasteiger partial charge is 0.249 e. The first-order chi connectivity index (χ1) is 16.6. The van der Waals surface area contributed by atoms with Gasteiger partial charge in [-0.25, -0.2) is 9.97 Å². The maximum Gasteiger partial charge on any atom is 0.249 e. The number of aromatic nitrogens is 2. The SMILES string of the molecule is CCCC(CC)Nc1cc(-c2nc(N3CCNCC3)cc(C(N)=O)c2-c2ccccc2)ccn1. The molecular weight excluding hydrogens is 424 g/mol. The number of nitrogens with zero attached hydrogens (tertiary/aromatic N) is 3. The number of carbonyl (C=O) groups excluding carboxylic acids is 1. The molecule has 1 saturated heterocycles. The third-order valence-corrected chi connectivity index (χ3v) is 6.29. The molecule has 0 radical (unpaired) electrons. The molecule has 34 heavy (non-hydrogen) atoms. The van der Waals surface area contributed by atoms with E-state index in [4.69, 9.17) is 10.7 Å². The van der Waals surface area contributed by atoms with E-state index in [1.165, 1.54) is 0 Å². The molecule has 7 heteroatoms. The Bertz CT molecular complexity index is 1110. The fourth-order valence-electron chi connectivity index (χ4n) is 4.48. The summed E-state index contributed by atoms with van der Waals surface area (Å²) in [5, 5.41) is 6.93. The van der Waals surface area contributed by atoms with Gasteiger partial charge in [-0.2, -0.15) is 0 Å². The van der Waals surface area contributed by atoms with Gasteiger partial charge in [0.1, 0.15) is 11.6 Å². The van der Waals surface area contributed by atoms with Crippen molar-refractivity contribution in [3.8, 4) is 22.4 Å². The summed E-state index contributed by atoms with van der Waals surface area (Å²) in [6.07, 6.45) is 5.02. The van der Waals surface area contributed by atoms with Crippen LogP contribution in [-0.4, -0.2) is 48.1 Å². The Balaban J connectivity index is 1.87. The van der Waals surface area contributed by atoms with Crippen LogP contribution in [0.2, 0.25) is 0 Å². The van der Waals surface area contributed by atoms with Gasteiger partial charge in [0.05, 0.1) is 11.3 Å². The molecule has 1 aromatic carbocycles. The van der Waals surface area contributed by atoms with Crippen LogP contribution in [0.3, 0.4) is 0 Å². The normalized spacial score (nSPS) is 14.6. The molecule has 1 amide bonds. The monoisotopic (exact) mass is 458 g/mol. The van der Waals surface area contributed by atoms with E-state index in [0.29, 0.717) is 11.6 Å². The summed E-state index contributed by atoms with van der Waals surface area (Å²) >= 11 is 0.